The molecule has 31 heavy (non-hydrogen) atoms. The predicted octanol–water partition coefficient (Wildman–Crippen LogP) is 5.47. The second-order valence-electron chi connectivity index (χ2n) is 7.87. The lowest BCUT2D eigenvalue weighted by molar-refractivity contribution is -0.121. The van der Waals surface area contributed by atoms with E-state index in [1.807, 2.05) is 66.7 Å². The van der Waals surface area contributed by atoms with Crippen LogP contribution in [0.3, 0.4) is 0 Å². The Morgan fingerprint density at radius 3 is 2.58 bits per heavy atom. The number of aromatic amines is 1. The highest BCUT2D eigenvalue weighted by molar-refractivity contribution is 5.90. The molecule has 5 rings (SSSR count). The van der Waals surface area contributed by atoms with Crippen molar-refractivity contribution in [3.8, 4) is 0 Å². The number of carbonyl (C=O) groups is 1. The number of H-pyrrole nitrogens is 1. The molecule has 1 atom stereocenters. The van der Waals surface area contributed by atoms with Gasteiger partial charge in [-0.15, -0.1) is 0 Å². The molecule has 0 aliphatic carbocycles. The number of hydrogen-bond donors (Lipinski definition) is 2. The summed E-state index contributed by atoms with van der Waals surface area (Å²) in [6.07, 6.45) is 0.310. The molecule has 1 heterocycles. The normalized spacial score (nSPS) is 12.2. The van der Waals surface area contributed by atoms with Crippen molar-refractivity contribution in [2.75, 3.05) is 0 Å². The van der Waals surface area contributed by atoms with Crippen molar-refractivity contribution >= 4 is 27.7 Å². The minimum Gasteiger partial charge on any atom is -0.342 e. The zero-order valence-corrected chi connectivity index (χ0v) is 17.3. The smallest absolute Gasteiger partial charge is 0.225 e. The van der Waals surface area contributed by atoms with E-state index in [-0.39, 0.29) is 11.9 Å². The van der Waals surface area contributed by atoms with Crippen molar-refractivity contribution in [3.05, 3.63) is 114 Å². The van der Waals surface area contributed by atoms with Crippen molar-refractivity contribution in [2.45, 2.75) is 19.4 Å². The third-order valence-electron chi connectivity index (χ3n) is 5.60. The van der Waals surface area contributed by atoms with Gasteiger partial charge in [0, 0.05) is 0 Å². The molecule has 1 aromatic heterocycles. The van der Waals surface area contributed by atoms with Crippen molar-refractivity contribution in [2.24, 2.45) is 0 Å². The van der Waals surface area contributed by atoms with Crippen LogP contribution in [0.4, 0.5) is 0 Å². The third kappa shape index (κ3) is 3.92. The average molecular weight is 406 g/mol. The summed E-state index contributed by atoms with van der Waals surface area (Å²) in [6, 6.07) is 30.0. The van der Waals surface area contributed by atoms with E-state index in [2.05, 4.69) is 41.5 Å². The number of rotatable bonds is 5. The summed E-state index contributed by atoms with van der Waals surface area (Å²) >= 11 is 0. The van der Waals surface area contributed by atoms with Gasteiger partial charge in [-0.2, -0.15) is 0 Å². The first-order valence-electron chi connectivity index (χ1n) is 10.4. The number of aryl methyl sites for hydroxylation is 1. The minimum atomic E-state index is -0.351. The lowest BCUT2D eigenvalue weighted by Gasteiger charge is -2.18. The van der Waals surface area contributed by atoms with E-state index >= 15 is 0 Å². The number of nitrogens with one attached hydrogen (secondary N) is 2. The monoisotopic (exact) mass is 405 g/mol. The zero-order valence-electron chi connectivity index (χ0n) is 17.3. The topological polar surface area (TPSA) is 57.8 Å². The number of benzene rings is 4. The maximum absolute atomic E-state index is 13.1. The fourth-order valence-corrected chi connectivity index (χ4v) is 4.07. The molecule has 0 radical (unpaired) electrons. The highest BCUT2D eigenvalue weighted by atomic mass is 16.1. The van der Waals surface area contributed by atoms with E-state index in [1.165, 1.54) is 5.56 Å². The van der Waals surface area contributed by atoms with E-state index in [0.29, 0.717) is 6.42 Å². The SMILES string of the molecule is Cc1ccc2nc(C(NC(=O)Cc3cccc4ccccc34)c3ccccc3)[nH]c2c1. The minimum absolute atomic E-state index is 0.0400. The van der Waals surface area contributed by atoms with Gasteiger partial charge in [-0.05, 0) is 46.5 Å². The molecule has 5 aromatic rings. The van der Waals surface area contributed by atoms with Crippen LogP contribution in [0.2, 0.25) is 0 Å². The number of carbonyl (C=O) groups excluding carboxylic acids is 1. The van der Waals surface area contributed by atoms with Gasteiger partial charge in [0.25, 0.3) is 0 Å². The highest BCUT2D eigenvalue weighted by Crippen LogP contribution is 2.24. The number of nitrogens with zero attached hydrogens (tertiary/aromatic N) is 1. The van der Waals surface area contributed by atoms with Crippen LogP contribution in [0.15, 0.2) is 91.0 Å². The predicted molar refractivity (Wildman–Crippen MR) is 125 cm³/mol. The average Bonchev–Trinajstić information content (AvgIpc) is 3.21. The first-order chi connectivity index (χ1) is 15.2. The molecule has 4 heteroatoms. The van der Waals surface area contributed by atoms with Gasteiger partial charge in [0.05, 0.1) is 17.5 Å². The van der Waals surface area contributed by atoms with Crippen molar-refractivity contribution < 1.29 is 4.79 Å². The quantitative estimate of drug-likeness (QED) is 0.407. The third-order valence-corrected chi connectivity index (χ3v) is 5.60. The number of fused-ring (bicyclic) bond motifs is 2. The van der Waals surface area contributed by atoms with Crippen LogP contribution in [0.1, 0.15) is 28.6 Å². The van der Waals surface area contributed by atoms with Crippen LogP contribution >= 0.6 is 0 Å². The van der Waals surface area contributed by atoms with Crippen LogP contribution < -0.4 is 5.32 Å². The summed E-state index contributed by atoms with van der Waals surface area (Å²) in [7, 11) is 0. The van der Waals surface area contributed by atoms with Gasteiger partial charge < -0.3 is 10.3 Å². The van der Waals surface area contributed by atoms with Gasteiger partial charge in [0.2, 0.25) is 5.91 Å². The number of amides is 1. The van der Waals surface area contributed by atoms with E-state index in [4.69, 9.17) is 4.98 Å². The molecular weight excluding hydrogens is 382 g/mol. The lowest BCUT2D eigenvalue weighted by Crippen LogP contribution is -2.31. The maximum atomic E-state index is 13.1. The largest absolute Gasteiger partial charge is 0.342 e. The molecule has 0 aliphatic heterocycles. The molecule has 1 unspecified atom stereocenters. The molecular formula is C27H23N3O. The molecule has 0 aliphatic rings. The van der Waals surface area contributed by atoms with Crippen LogP contribution in [0.5, 0.6) is 0 Å². The zero-order chi connectivity index (χ0) is 21.2. The molecule has 4 aromatic carbocycles. The second-order valence-corrected chi connectivity index (χ2v) is 7.87. The van der Waals surface area contributed by atoms with E-state index in [9.17, 15) is 4.79 Å². The Balaban J connectivity index is 1.47. The molecule has 0 saturated carbocycles. The van der Waals surface area contributed by atoms with Gasteiger partial charge in [-0.25, -0.2) is 4.98 Å². The van der Waals surface area contributed by atoms with Crippen molar-refractivity contribution in [3.63, 3.8) is 0 Å². The van der Waals surface area contributed by atoms with E-state index in [0.717, 1.165) is 38.8 Å². The maximum Gasteiger partial charge on any atom is 0.225 e. The van der Waals surface area contributed by atoms with Gasteiger partial charge in [0.1, 0.15) is 11.9 Å². The first kappa shape index (κ1) is 19.1. The van der Waals surface area contributed by atoms with Gasteiger partial charge >= 0.3 is 0 Å². The van der Waals surface area contributed by atoms with Gasteiger partial charge in [0.15, 0.2) is 0 Å². The van der Waals surface area contributed by atoms with Gasteiger partial charge in [-0.1, -0.05) is 78.9 Å². The van der Waals surface area contributed by atoms with E-state index in [1.54, 1.807) is 0 Å². The summed E-state index contributed by atoms with van der Waals surface area (Å²) < 4.78 is 0. The Hall–Kier alpha value is -3.92. The Morgan fingerprint density at radius 2 is 1.71 bits per heavy atom. The Kier molecular flexibility index (Phi) is 4.97. The molecule has 0 bridgehead atoms. The Labute approximate surface area is 181 Å². The van der Waals surface area contributed by atoms with Crippen LogP contribution in [-0.2, 0) is 11.2 Å². The second kappa shape index (κ2) is 8.07. The fraction of sp³-hybridized carbons (Fsp3) is 0.111. The molecule has 0 spiro atoms. The molecule has 0 fully saturated rings. The molecule has 0 saturated heterocycles. The molecule has 1 amide bonds. The van der Waals surface area contributed by atoms with Crippen LogP contribution in [0.25, 0.3) is 21.8 Å². The van der Waals surface area contributed by atoms with Crippen LogP contribution in [0, 0.1) is 6.92 Å². The number of imidazole rings is 1. The summed E-state index contributed by atoms with van der Waals surface area (Å²) in [4.78, 5) is 21.3. The number of aromatic nitrogens is 2. The summed E-state index contributed by atoms with van der Waals surface area (Å²) in [6.45, 7) is 2.06. The van der Waals surface area contributed by atoms with Crippen LogP contribution in [-0.4, -0.2) is 15.9 Å². The lowest BCUT2D eigenvalue weighted by atomic mass is 10.0. The van der Waals surface area contributed by atoms with Gasteiger partial charge in [-0.3, -0.25) is 4.79 Å². The van der Waals surface area contributed by atoms with Crippen molar-refractivity contribution in [1.29, 1.82) is 0 Å². The summed E-state index contributed by atoms with van der Waals surface area (Å²) in [5.41, 5.74) is 5.04. The first-order valence-corrected chi connectivity index (χ1v) is 10.4. The molecule has 2 N–H and O–H groups in total. The Morgan fingerprint density at radius 1 is 0.935 bits per heavy atom. The summed E-state index contributed by atoms with van der Waals surface area (Å²) in [5, 5.41) is 5.45. The highest BCUT2D eigenvalue weighted by Gasteiger charge is 2.21. The van der Waals surface area contributed by atoms with Crippen molar-refractivity contribution in [1.82, 2.24) is 15.3 Å². The molecule has 152 valence electrons. The van der Waals surface area contributed by atoms with E-state index < -0.39 is 0 Å². The Bertz CT molecular complexity index is 1370. The molecule has 4 nitrogen and oxygen atoms in total. The summed E-state index contributed by atoms with van der Waals surface area (Å²) in [5.74, 6) is 0.694. The fourth-order valence-electron chi connectivity index (χ4n) is 4.07. The number of hydrogen-bond acceptors (Lipinski definition) is 2. The standard InChI is InChI=1S/C27H23N3O/c1-18-14-15-23-24(16-18)29-27(28-23)26(20-9-3-2-4-10-20)30-25(31)17-21-12-7-11-19-8-5-6-13-22(19)21/h2-16,26H,17H2,1H3,(H,28,29)(H,30,31).